The van der Waals surface area contributed by atoms with Crippen LogP contribution in [0.5, 0.6) is 11.5 Å². The van der Waals surface area contributed by atoms with Crippen molar-refractivity contribution in [3.63, 3.8) is 0 Å². The number of carbonyl (C=O) groups excluding carboxylic acids is 4. The van der Waals surface area contributed by atoms with E-state index in [9.17, 15) is 19.2 Å². The van der Waals surface area contributed by atoms with E-state index in [2.05, 4.69) is 0 Å². The molecule has 0 spiro atoms. The molecule has 3 aromatic rings. The first kappa shape index (κ1) is 22.3. The van der Waals surface area contributed by atoms with Crippen molar-refractivity contribution in [3.05, 3.63) is 94.5 Å². The van der Waals surface area contributed by atoms with E-state index in [1.807, 2.05) is 0 Å². The fourth-order valence-electron chi connectivity index (χ4n) is 4.00. The molecule has 0 N–H and O–H groups in total. The Morgan fingerprint density at radius 2 is 1.51 bits per heavy atom. The molecule has 2 heterocycles. The van der Waals surface area contributed by atoms with Crippen LogP contribution >= 0.6 is 0 Å². The second-order valence-electron chi connectivity index (χ2n) is 8.15. The molecule has 2 aliphatic heterocycles. The quantitative estimate of drug-likeness (QED) is 0.307. The fourth-order valence-corrected chi connectivity index (χ4v) is 4.00. The van der Waals surface area contributed by atoms with Gasteiger partial charge in [0, 0.05) is 12.0 Å². The lowest BCUT2D eigenvalue weighted by atomic mass is 10.1. The summed E-state index contributed by atoms with van der Waals surface area (Å²) >= 11 is 0. The summed E-state index contributed by atoms with van der Waals surface area (Å²) in [6, 6.07) is 17.9. The van der Waals surface area contributed by atoms with Crippen molar-refractivity contribution in [2.75, 3.05) is 19.8 Å². The molecule has 0 atom stereocenters. The number of nitrogens with zero attached hydrogens (tertiary/aromatic N) is 1. The lowest BCUT2D eigenvalue weighted by Gasteiger charge is -2.14. The number of esters is 1. The zero-order chi connectivity index (χ0) is 24.4. The zero-order valence-electron chi connectivity index (χ0n) is 18.7. The molecule has 0 unspecified atom stereocenters. The summed E-state index contributed by atoms with van der Waals surface area (Å²) in [5.74, 6) is -0.752. The van der Waals surface area contributed by atoms with Gasteiger partial charge in [-0.15, -0.1) is 0 Å². The maximum absolute atomic E-state index is 12.6. The molecular formula is C27H21NO7. The summed E-state index contributed by atoms with van der Waals surface area (Å²) < 4.78 is 16.4. The van der Waals surface area contributed by atoms with Gasteiger partial charge < -0.3 is 14.2 Å². The Bertz CT molecular complexity index is 1310. The lowest BCUT2D eigenvalue weighted by molar-refractivity contribution is 0.0474. The molecule has 0 aliphatic carbocycles. The molecule has 2 amide bonds. The Labute approximate surface area is 201 Å². The van der Waals surface area contributed by atoms with Crippen LogP contribution in [-0.4, -0.2) is 48.3 Å². The summed E-state index contributed by atoms with van der Waals surface area (Å²) in [6.45, 7) is 0.616. The molecule has 5 rings (SSSR count). The van der Waals surface area contributed by atoms with E-state index in [0.717, 1.165) is 11.3 Å². The van der Waals surface area contributed by atoms with Crippen LogP contribution in [0.25, 0.3) is 0 Å². The van der Waals surface area contributed by atoms with Crippen molar-refractivity contribution >= 4 is 23.6 Å². The third-order valence-corrected chi connectivity index (χ3v) is 5.79. The number of fused-ring (bicyclic) bond motifs is 2. The van der Waals surface area contributed by atoms with Gasteiger partial charge in [-0.05, 0) is 48.0 Å². The number of imide groups is 1. The lowest BCUT2D eigenvalue weighted by Crippen LogP contribution is -2.29. The number of amides is 2. The van der Waals surface area contributed by atoms with Crippen LogP contribution in [-0.2, 0) is 11.3 Å². The molecule has 8 heteroatoms. The standard InChI is InChI=1S/C27H21NO7/c29-22(18-9-10-23-24(14-18)34-12-4-11-33-23)16-35-27(32)19-6-3-5-17(13-19)15-28-25(30)20-7-1-2-8-21(20)26(28)31/h1-3,5-10,13-14H,4,11-12,15-16H2. The first-order valence-electron chi connectivity index (χ1n) is 11.2. The Balaban J connectivity index is 1.23. The molecular weight excluding hydrogens is 450 g/mol. The van der Waals surface area contributed by atoms with Crippen LogP contribution in [0.15, 0.2) is 66.7 Å². The minimum atomic E-state index is -0.683. The average molecular weight is 471 g/mol. The van der Waals surface area contributed by atoms with Gasteiger partial charge in [-0.1, -0.05) is 24.3 Å². The van der Waals surface area contributed by atoms with Gasteiger partial charge in [-0.25, -0.2) is 4.79 Å². The fraction of sp³-hybridized carbons (Fsp3) is 0.185. The smallest absolute Gasteiger partial charge is 0.338 e. The number of hydrogen-bond acceptors (Lipinski definition) is 7. The predicted octanol–water partition coefficient (Wildman–Crippen LogP) is 3.68. The first-order chi connectivity index (χ1) is 17.0. The molecule has 0 bridgehead atoms. The first-order valence-corrected chi connectivity index (χ1v) is 11.2. The Kier molecular flexibility index (Phi) is 6.01. The molecule has 0 saturated carbocycles. The Hall–Kier alpha value is -4.46. The third-order valence-electron chi connectivity index (χ3n) is 5.79. The van der Waals surface area contributed by atoms with E-state index in [0.29, 0.717) is 47.0 Å². The number of rotatable bonds is 6. The van der Waals surface area contributed by atoms with E-state index in [4.69, 9.17) is 14.2 Å². The second-order valence-corrected chi connectivity index (χ2v) is 8.15. The molecule has 0 fully saturated rings. The number of carbonyl (C=O) groups is 4. The minimum absolute atomic E-state index is 0.0175. The van der Waals surface area contributed by atoms with Gasteiger partial charge in [-0.2, -0.15) is 0 Å². The number of hydrogen-bond donors (Lipinski definition) is 0. The Morgan fingerprint density at radius 1 is 0.800 bits per heavy atom. The highest BCUT2D eigenvalue weighted by Crippen LogP contribution is 2.30. The summed E-state index contributed by atoms with van der Waals surface area (Å²) in [4.78, 5) is 51.5. The monoisotopic (exact) mass is 471 g/mol. The molecule has 0 saturated heterocycles. The van der Waals surface area contributed by atoms with Crippen molar-refractivity contribution in [1.82, 2.24) is 4.90 Å². The minimum Gasteiger partial charge on any atom is -0.490 e. The molecule has 176 valence electrons. The average Bonchev–Trinajstić information content (AvgIpc) is 3.03. The third kappa shape index (κ3) is 4.50. The number of ketones is 1. The van der Waals surface area contributed by atoms with E-state index in [1.54, 1.807) is 66.7 Å². The van der Waals surface area contributed by atoms with E-state index < -0.39 is 12.6 Å². The van der Waals surface area contributed by atoms with Gasteiger partial charge in [0.1, 0.15) is 0 Å². The summed E-state index contributed by atoms with van der Waals surface area (Å²) in [5, 5.41) is 0. The largest absolute Gasteiger partial charge is 0.490 e. The summed E-state index contributed by atoms with van der Waals surface area (Å²) in [6.07, 6.45) is 0.752. The van der Waals surface area contributed by atoms with E-state index >= 15 is 0 Å². The van der Waals surface area contributed by atoms with Crippen molar-refractivity contribution in [2.45, 2.75) is 13.0 Å². The number of benzene rings is 3. The molecule has 35 heavy (non-hydrogen) atoms. The highest BCUT2D eigenvalue weighted by molar-refractivity contribution is 6.21. The molecule has 2 aliphatic rings. The highest BCUT2D eigenvalue weighted by atomic mass is 16.5. The Morgan fingerprint density at radius 3 is 2.26 bits per heavy atom. The second kappa shape index (κ2) is 9.42. The van der Waals surface area contributed by atoms with Gasteiger partial charge in [0.15, 0.2) is 23.9 Å². The predicted molar refractivity (Wildman–Crippen MR) is 124 cm³/mol. The highest BCUT2D eigenvalue weighted by Gasteiger charge is 2.35. The van der Waals surface area contributed by atoms with E-state index in [1.165, 1.54) is 0 Å². The van der Waals surface area contributed by atoms with Gasteiger partial charge in [0.2, 0.25) is 0 Å². The van der Waals surface area contributed by atoms with Crippen LogP contribution in [0, 0.1) is 0 Å². The van der Waals surface area contributed by atoms with Gasteiger partial charge in [-0.3, -0.25) is 19.3 Å². The maximum Gasteiger partial charge on any atom is 0.338 e. The molecule has 3 aromatic carbocycles. The van der Waals surface area contributed by atoms with Crippen LogP contribution in [0.1, 0.15) is 53.4 Å². The van der Waals surface area contributed by atoms with Crippen LogP contribution < -0.4 is 9.47 Å². The van der Waals surface area contributed by atoms with Gasteiger partial charge in [0.05, 0.1) is 36.4 Å². The molecule has 0 radical (unpaired) electrons. The van der Waals surface area contributed by atoms with Crippen molar-refractivity contribution in [3.8, 4) is 11.5 Å². The SMILES string of the molecule is O=C(COC(=O)c1cccc(CN2C(=O)c3ccccc3C2=O)c1)c1ccc2c(c1)OCCCO2. The van der Waals surface area contributed by atoms with Crippen molar-refractivity contribution < 1.29 is 33.4 Å². The van der Waals surface area contributed by atoms with Gasteiger partial charge >= 0.3 is 5.97 Å². The van der Waals surface area contributed by atoms with E-state index in [-0.39, 0.29) is 29.7 Å². The van der Waals surface area contributed by atoms with Crippen LogP contribution in [0.3, 0.4) is 0 Å². The van der Waals surface area contributed by atoms with Crippen molar-refractivity contribution in [1.29, 1.82) is 0 Å². The van der Waals surface area contributed by atoms with Crippen LogP contribution in [0.4, 0.5) is 0 Å². The number of ether oxygens (including phenoxy) is 3. The van der Waals surface area contributed by atoms with Gasteiger partial charge in [0.25, 0.3) is 11.8 Å². The number of Topliss-reactive ketones (excluding diaryl/α,β-unsaturated/α-hetero) is 1. The normalized spacial score (nSPS) is 14.3. The summed E-state index contributed by atoms with van der Waals surface area (Å²) in [7, 11) is 0. The summed E-state index contributed by atoms with van der Waals surface area (Å²) in [5.41, 5.74) is 1.87. The molecule has 0 aromatic heterocycles. The molecule has 8 nitrogen and oxygen atoms in total. The maximum atomic E-state index is 12.6. The van der Waals surface area contributed by atoms with Crippen LogP contribution in [0.2, 0.25) is 0 Å². The zero-order valence-corrected chi connectivity index (χ0v) is 18.7. The topological polar surface area (TPSA) is 99.2 Å². The van der Waals surface area contributed by atoms with Crippen molar-refractivity contribution in [2.24, 2.45) is 0 Å².